The van der Waals surface area contributed by atoms with Crippen molar-refractivity contribution in [2.45, 2.75) is 97.1 Å². The molecule has 0 amide bonds. The maximum absolute atomic E-state index is 13.6. The Hall–Kier alpha value is -4.08. The number of unbranched alkanes of at least 4 members (excludes halogenated alkanes) is 2. The highest BCUT2D eigenvalue weighted by Crippen LogP contribution is 2.30. The van der Waals surface area contributed by atoms with E-state index in [1.54, 1.807) is 11.6 Å². The second-order valence-electron chi connectivity index (χ2n) is 12.5. The average molecular weight is 650 g/mol. The summed E-state index contributed by atoms with van der Waals surface area (Å²) in [5.74, 6) is -0.493. The molecule has 4 rings (SSSR count). The molecule has 47 heavy (non-hydrogen) atoms. The van der Waals surface area contributed by atoms with E-state index < -0.39 is 12.0 Å². The van der Waals surface area contributed by atoms with Gasteiger partial charge in [0.1, 0.15) is 12.6 Å². The van der Waals surface area contributed by atoms with Crippen LogP contribution in [0.25, 0.3) is 11.0 Å². The molecular weight excluding hydrogens is 598 g/mol. The van der Waals surface area contributed by atoms with Crippen molar-refractivity contribution >= 4 is 34.6 Å². The van der Waals surface area contributed by atoms with Gasteiger partial charge in [-0.1, -0.05) is 57.0 Å². The van der Waals surface area contributed by atoms with Crippen molar-refractivity contribution in [3.8, 4) is 0 Å². The number of fused-ring (bicyclic) bond motifs is 1. The molecule has 3 aromatic rings. The Labute approximate surface area is 278 Å². The van der Waals surface area contributed by atoms with E-state index in [1.165, 1.54) is 4.57 Å². The molecule has 0 aliphatic carbocycles. The van der Waals surface area contributed by atoms with Gasteiger partial charge < -0.3 is 19.1 Å². The fourth-order valence-corrected chi connectivity index (χ4v) is 6.10. The molecule has 0 saturated carbocycles. The lowest BCUT2D eigenvalue weighted by molar-refractivity contribution is -0.149. The van der Waals surface area contributed by atoms with E-state index in [0.717, 1.165) is 81.2 Å². The van der Waals surface area contributed by atoms with Gasteiger partial charge in [-0.3, -0.25) is 18.7 Å². The molecule has 1 fully saturated rings. The zero-order chi connectivity index (χ0) is 33.6. The molecule has 1 atom stereocenters. The minimum atomic E-state index is -0.931. The fourth-order valence-electron chi connectivity index (χ4n) is 6.10. The van der Waals surface area contributed by atoms with Crippen LogP contribution in [-0.4, -0.2) is 53.3 Å². The van der Waals surface area contributed by atoms with Crippen molar-refractivity contribution in [3.63, 3.8) is 0 Å². The Morgan fingerprint density at radius 2 is 1.51 bits per heavy atom. The van der Waals surface area contributed by atoms with Gasteiger partial charge in [-0.05, 0) is 74.6 Å². The number of esters is 3. The summed E-state index contributed by atoms with van der Waals surface area (Å²) in [6.07, 6.45) is 7.73. The molecule has 10 nitrogen and oxygen atoms in total. The SMILES string of the molecule is CCCCOC(=O)CCC(C(=O)OCCCC)n1c(=O)n(C)c2cc(N3CCC(CCCC(=O)OCc4ccccc4)CC3)ccc21. The zero-order valence-electron chi connectivity index (χ0n) is 28.3. The number of aryl methyl sites for hydroxylation is 1. The maximum atomic E-state index is 13.6. The number of aromatic nitrogens is 2. The smallest absolute Gasteiger partial charge is 0.329 e. The van der Waals surface area contributed by atoms with Crippen molar-refractivity contribution in [1.29, 1.82) is 0 Å². The fraction of sp³-hybridized carbons (Fsp3) is 0.568. The van der Waals surface area contributed by atoms with Gasteiger partial charge in [0.25, 0.3) is 0 Å². The van der Waals surface area contributed by atoms with Crippen LogP contribution in [0.2, 0.25) is 0 Å². The second-order valence-corrected chi connectivity index (χ2v) is 12.5. The predicted octanol–water partition coefficient (Wildman–Crippen LogP) is 6.48. The number of carbonyl (C=O) groups is 3. The molecule has 0 radical (unpaired) electrons. The summed E-state index contributed by atoms with van der Waals surface area (Å²) in [7, 11) is 1.71. The van der Waals surface area contributed by atoms with Crippen LogP contribution < -0.4 is 10.6 Å². The van der Waals surface area contributed by atoms with Gasteiger partial charge in [-0.25, -0.2) is 9.59 Å². The van der Waals surface area contributed by atoms with Crippen LogP contribution in [0.15, 0.2) is 53.3 Å². The van der Waals surface area contributed by atoms with Crippen molar-refractivity contribution in [1.82, 2.24) is 9.13 Å². The molecule has 2 aromatic carbocycles. The van der Waals surface area contributed by atoms with E-state index in [2.05, 4.69) is 4.90 Å². The summed E-state index contributed by atoms with van der Waals surface area (Å²) in [5.41, 5.74) is 3.05. The number of hydrogen-bond donors (Lipinski definition) is 0. The largest absolute Gasteiger partial charge is 0.466 e. The minimum absolute atomic E-state index is 0.0159. The van der Waals surface area contributed by atoms with Gasteiger partial charge >= 0.3 is 23.6 Å². The number of hydrogen-bond acceptors (Lipinski definition) is 8. The molecule has 1 saturated heterocycles. The van der Waals surface area contributed by atoms with Crippen LogP contribution in [0, 0.1) is 5.92 Å². The van der Waals surface area contributed by atoms with E-state index in [-0.39, 0.29) is 37.1 Å². The number of anilines is 1. The monoisotopic (exact) mass is 649 g/mol. The highest BCUT2D eigenvalue weighted by atomic mass is 16.5. The molecule has 10 heteroatoms. The van der Waals surface area contributed by atoms with Gasteiger partial charge in [0.05, 0.1) is 24.2 Å². The number of carbonyl (C=O) groups excluding carboxylic acids is 3. The molecule has 256 valence electrons. The van der Waals surface area contributed by atoms with Crippen LogP contribution in [0.3, 0.4) is 0 Å². The summed E-state index contributed by atoms with van der Waals surface area (Å²) in [5, 5.41) is 0. The molecule has 1 aliphatic rings. The number of ether oxygens (including phenoxy) is 3. The van der Waals surface area contributed by atoms with Crippen molar-refractivity contribution < 1.29 is 28.6 Å². The van der Waals surface area contributed by atoms with Crippen LogP contribution >= 0.6 is 0 Å². The first-order chi connectivity index (χ1) is 22.8. The van der Waals surface area contributed by atoms with E-state index in [0.29, 0.717) is 31.1 Å². The topological polar surface area (TPSA) is 109 Å². The lowest BCUT2D eigenvalue weighted by atomic mass is 9.91. The number of imidazole rings is 1. The van der Waals surface area contributed by atoms with Crippen LogP contribution in [0.1, 0.15) is 96.1 Å². The molecule has 2 heterocycles. The third-order valence-electron chi connectivity index (χ3n) is 9.00. The Kier molecular flexibility index (Phi) is 13.9. The first-order valence-corrected chi connectivity index (χ1v) is 17.3. The Bertz CT molecular complexity index is 1510. The maximum Gasteiger partial charge on any atom is 0.329 e. The average Bonchev–Trinajstić information content (AvgIpc) is 3.33. The summed E-state index contributed by atoms with van der Waals surface area (Å²) in [6.45, 7) is 6.73. The van der Waals surface area contributed by atoms with Gasteiger partial charge in [0.2, 0.25) is 0 Å². The minimum Gasteiger partial charge on any atom is -0.466 e. The van der Waals surface area contributed by atoms with Gasteiger partial charge in [-0.2, -0.15) is 0 Å². The first-order valence-electron chi connectivity index (χ1n) is 17.3. The van der Waals surface area contributed by atoms with E-state index >= 15 is 0 Å². The van der Waals surface area contributed by atoms with Crippen LogP contribution in [0.5, 0.6) is 0 Å². The summed E-state index contributed by atoms with van der Waals surface area (Å²) >= 11 is 0. The molecule has 1 unspecified atom stereocenters. The van der Waals surface area contributed by atoms with Crippen molar-refractivity contribution in [2.24, 2.45) is 13.0 Å². The third kappa shape index (κ3) is 10.2. The molecular formula is C37H51N3O7. The van der Waals surface area contributed by atoms with Gasteiger partial charge in [-0.15, -0.1) is 0 Å². The van der Waals surface area contributed by atoms with Crippen LogP contribution in [0.4, 0.5) is 5.69 Å². The summed E-state index contributed by atoms with van der Waals surface area (Å²) in [4.78, 5) is 53.8. The highest BCUT2D eigenvalue weighted by Gasteiger charge is 2.29. The zero-order valence-corrected chi connectivity index (χ0v) is 28.3. The predicted molar refractivity (Wildman–Crippen MR) is 182 cm³/mol. The Balaban J connectivity index is 1.36. The molecule has 1 aliphatic heterocycles. The Morgan fingerprint density at radius 1 is 0.830 bits per heavy atom. The highest BCUT2D eigenvalue weighted by molar-refractivity contribution is 5.84. The number of piperidine rings is 1. The summed E-state index contributed by atoms with van der Waals surface area (Å²) in [6, 6.07) is 14.7. The summed E-state index contributed by atoms with van der Waals surface area (Å²) < 4.78 is 19.3. The molecule has 0 N–H and O–H groups in total. The first kappa shape index (κ1) is 35.8. The molecule has 1 aromatic heterocycles. The van der Waals surface area contributed by atoms with Gasteiger partial charge in [0.15, 0.2) is 0 Å². The lowest BCUT2D eigenvalue weighted by Gasteiger charge is -2.33. The van der Waals surface area contributed by atoms with Gasteiger partial charge in [0, 0.05) is 38.7 Å². The quantitative estimate of drug-likeness (QED) is 0.0876. The normalized spacial score (nSPS) is 14.2. The third-order valence-corrected chi connectivity index (χ3v) is 9.00. The Morgan fingerprint density at radius 3 is 2.21 bits per heavy atom. The van der Waals surface area contributed by atoms with Crippen LogP contribution in [-0.2, 0) is 42.2 Å². The lowest BCUT2D eigenvalue weighted by Crippen LogP contribution is -2.33. The van der Waals surface area contributed by atoms with Crippen molar-refractivity contribution in [3.05, 3.63) is 64.6 Å². The van der Waals surface area contributed by atoms with E-state index in [9.17, 15) is 19.2 Å². The van der Waals surface area contributed by atoms with Crippen molar-refractivity contribution in [2.75, 3.05) is 31.2 Å². The standard InChI is InChI=1S/C37H51N3O7/c1-4-6-24-45-35(42)19-18-32(36(43)46-25-7-5-2)40-31-17-16-30(26-33(31)38(3)37(40)44)39-22-20-28(21-23-39)14-11-15-34(41)47-27-29-12-9-8-10-13-29/h8-10,12-13,16-17,26,28,32H,4-7,11,14-15,18-25,27H2,1-3H3. The van der Waals surface area contributed by atoms with E-state index in [1.807, 2.05) is 62.4 Å². The number of rotatable bonds is 18. The van der Waals surface area contributed by atoms with E-state index in [4.69, 9.17) is 14.2 Å². The number of nitrogens with zero attached hydrogens (tertiary/aromatic N) is 3. The number of benzene rings is 2. The molecule has 0 bridgehead atoms. The molecule has 0 spiro atoms. The second kappa shape index (κ2) is 18.3.